The number of aromatic nitrogens is 2. The maximum absolute atomic E-state index is 12.0. The molecule has 1 amide bonds. The Kier molecular flexibility index (Phi) is 4.90. The quantitative estimate of drug-likeness (QED) is 0.829. The SMILES string of the molecule is CCc1c(C(=O)NCCN)cnn1Cc1ccccc1. The minimum absolute atomic E-state index is 0.105. The Morgan fingerprint density at radius 1 is 1.35 bits per heavy atom. The highest BCUT2D eigenvalue weighted by molar-refractivity contribution is 5.95. The van der Waals surface area contributed by atoms with Crippen LogP contribution in [0.25, 0.3) is 0 Å². The Morgan fingerprint density at radius 3 is 2.75 bits per heavy atom. The summed E-state index contributed by atoms with van der Waals surface area (Å²) in [4.78, 5) is 12.0. The largest absolute Gasteiger partial charge is 0.351 e. The third kappa shape index (κ3) is 3.24. The molecule has 3 N–H and O–H groups in total. The summed E-state index contributed by atoms with van der Waals surface area (Å²) in [5.41, 5.74) is 8.15. The van der Waals surface area contributed by atoms with Crippen LogP contribution in [0.4, 0.5) is 0 Å². The van der Waals surface area contributed by atoms with Crippen molar-refractivity contribution in [2.75, 3.05) is 13.1 Å². The number of amides is 1. The summed E-state index contributed by atoms with van der Waals surface area (Å²) in [5, 5.41) is 7.12. The molecule has 0 aliphatic rings. The predicted octanol–water partition coefficient (Wildman–Crippen LogP) is 1.18. The fourth-order valence-electron chi connectivity index (χ4n) is 2.15. The minimum atomic E-state index is -0.105. The van der Waals surface area contributed by atoms with Crippen LogP contribution < -0.4 is 11.1 Å². The van der Waals surface area contributed by atoms with Crippen LogP contribution in [-0.4, -0.2) is 28.8 Å². The number of nitrogens with two attached hydrogens (primary N) is 1. The van der Waals surface area contributed by atoms with Gasteiger partial charge >= 0.3 is 0 Å². The van der Waals surface area contributed by atoms with E-state index in [1.807, 2.05) is 29.8 Å². The molecule has 0 aliphatic heterocycles. The van der Waals surface area contributed by atoms with Gasteiger partial charge in [0.15, 0.2) is 0 Å². The van der Waals surface area contributed by atoms with Crippen LogP contribution in [0.2, 0.25) is 0 Å². The molecule has 5 heteroatoms. The molecule has 2 aromatic rings. The second-order valence-corrected chi connectivity index (χ2v) is 4.55. The van der Waals surface area contributed by atoms with Crippen molar-refractivity contribution in [1.82, 2.24) is 15.1 Å². The molecule has 1 heterocycles. The lowest BCUT2D eigenvalue weighted by Crippen LogP contribution is -2.29. The van der Waals surface area contributed by atoms with Crippen LogP contribution in [-0.2, 0) is 13.0 Å². The van der Waals surface area contributed by atoms with Gasteiger partial charge in [0.1, 0.15) is 0 Å². The lowest BCUT2D eigenvalue weighted by Gasteiger charge is -2.08. The Bertz CT molecular complexity index is 563. The standard InChI is InChI=1S/C15H20N4O/c1-2-14-13(15(20)17-9-8-16)10-18-19(14)11-12-6-4-3-5-7-12/h3-7,10H,2,8-9,11,16H2,1H3,(H,17,20). The lowest BCUT2D eigenvalue weighted by molar-refractivity contribution is 0.0953. The summed E-state index contributed by atoms with van der Waals surface area (Å²) in [6, 6.07) is 10.1. The van der Waals surface area contributed by atoms with Gasteiger partial charge in [-0.05, 0) is 12.0 Å². The first-order chi connectivity index (χ1) is 9.76. The highest BCUT2D eigenvalue weighted by Gasteiger charge is 2.15. The number of nitrogens with one attached hydrogen (secondary N) is 1. The van der Waals surface area contributed by atoms with E-state index in [9.17, 15) is 4.79 Å². The maximum atomic E-state index is 12.0. The van der Waals surface area contributed by atoms with Crippen molar-refractivity contribution in [3.05, 3.63) is 53.3 Å². The summed E-state index contributed by atoms with van der Waals surface area (Å²) >= 11 is 0. The van der Waals surface area contributed by atoms with E-state index in [0.29, 0.717) is 25.2 Å². The van der Waals surface area contributed by atoms with Gasteiger partial charge in [0.2, 0.25) is 0 Å². The zero-order valence-corrected chi connectivity index (χ0v) is 11.7. The van der Waals surface area contributed by atoms with Gasteiger partial charge < -0.3 is 11.1 Å². The second kappa shape index (κ2) is 6.86. The smallest absolute Gasteiger partial charge is 0.254 e. The molecular weight excluding hydrogens is 252 g/mol. The van der Waals surface area contributed by atoms with Gasteiger partial charge in [0.05, 0.1) is 24.0 Å². The van der Waals surface area contributed by atoms with E-state index in [4.69, 9.17) is 5.73 Å². The van der Waals surface area contributed by atoms with Crippen LogP contribution >= 0.6 is 0 Å². The Balaban J connectivity index is 2.19. The molecule has 20 heavy (non-hydrogen) atoms. The van der Waals surface area contributed by atoms with Crippen LogP contribution in [0, 0.1) is 0 Å². The van der Waals surface area contributed by atoms with Crippen LogP contribution in [0.3, 0.4) is 0 Å². The van der Waals surface area contributed by atoms with E-state index in [1.54, 1.807) is 6.20 Å². The van der Waals surface area contributed by atoms with Gasteiger partial charge in [-0.2, -0.15) is 5.10 Å². The van der Waals surface area contributed by atoms with Crippen molar-refractivity contribution in [1.29, 1.82) is 0 Å². The average molecular weight is 272 g/mol. The zero-order chi connectivity index (χ0) is 14.4. The van der Waals surface area contributed by atoms with Gasteiger partial charge in [0, 0.05) is 13.1 Å². The Labute approximate surface area is 118 Å². The van der Waals surface area contributed by atoms with E-state index >= 15 is 0 Å². The molecule has 0 spiro atoms. The molecule has 1 aromatic heterocycles. The molecule has 0 radical (unpaired) electrons. The first kappa shape index (κ1) is 14.3. The first-order valence-electron chi connectivity index (χ1n) is 6.83. The molecule has 1 aromatic carbocycles. The molecule has 0 atom stereocenters. The molecule has 0 saturated carbocycles. The molecule has 5 nitrogen and oxygen atoms in total. The highest BCUT2D eigenvalue weighted by Crippen LogP contribution is 2.12. The summed E-state index contributed by atoms with van der Waals surface area (Å²) < 4.78 is 1.88. The van der Waals surface area contributed by atoms with Crippen LogP contribution in [0.1, 0.15) is 28.5 Å². The number of rotatable bonds is 6. The number of carbonyl (C=O) groups excluding carboxylic acids is 1. The van der Waals surface area contributed by atoms with Gasteiger partial charge in [-0.25, -0.2) is 0 Å². The summed E-state index contributed by atoms with van der Waals surface area (Å²) in [7, 11) is 0. The van der Waals surface area contributed by atoms with E-state index in [2.05, 4.69) is 22.5 Å². The third-order valence-electron chi connectivity index (χ3n) is 3.13. The summed E-state index contributed by atoms with van der Waals surface area (Å²) in [6.45, 7) is 3.61. The number of nitrogens with zero attached hydrogens (tertiary/aromatic N) is 2. The number of carbonyl (C=O) groups is 1. The number of hydrogen-bond acceptors (Lipinski definition) is 3. The second-order valence-electron chi connectivity index (χ2n) is 4.55. The van der Waals surface area contributed by atoms with Crippen molar-refractivity contribution < 1.29 is 4.79 Å². The fraction of sp³-hybridized carbons (Fsp3) is 0.333. The zero-order valence-electron chi connectivity index (χ0n) is 11.7. The van der Waals surface area contributed by atoms with Crippen molar-refractivity contribution in [3.8, 4) is 0 Å². The lowest BCUT2D eigenvalue weighted by atomic mass is 10.1. The summed E-state index contributed by atoms with van der Waals surface area (Å²) in [6.07, 6.45) is 2.39. The Hall–Kier alpha value is -2.14. The van der Waals surface area contributed by atoms with E-state index < -0.39 is 0 Å². The monoisotopic (exact) mass is 272 g/mol. The topological polar surface area (TPSA) is 72.9 Å². The predicted molar refractivity (Wildman–Crippen MR) is 78.5 cm³/mol. The Morgan fingerprint density at radius 2 is 2.10 bits per heavy atom. The number of hydrogen-bond donors (Lipinski definition) is 2. The van der Waals surface area contributed by atoms with E-state index in [0.717, 1.165) is 12.1 Å². The average Bonchev–Trinajstić information content (AvgIpc) is 2.88. The summed E-state index contributed by atoms with van der Waals surface area (Å²) in [5.74, 6) is -0.105. The molecule has 0 aliphatic carbocycles. The molecule has 0 saturated heterocycles. The van der Waals surface area contributed by atoms with E-state index in [-0.39, 0.29) is 5.91 Å². The van der Waals surface area contributed by atoms with Gasteiger partial charge in [-0.3, -0.25) is 9.48 Å². The molecule has 0 bridgehead atoms. The minimum Gasteiger partial charge on any atom is -0.351 e. The molecule has 0 unspecified atom stereocenters. The van der Waals surface area contributed by atoms with E-state index in [1.165, 1.54) is 5.56 Å². The van der Waals surface area contributed by atoms with Gasteiger partial charge in [-0.1, -0.05) is 37.3 Å². The number of benzene rings is 1. The van der Waals surface area contributed by atoms with Gasteiger partial charge in [-0.15, -0.1) is 0 Å². The molecule has 0 fully saturated rings. The van der Waals surface area contributed by atoms with Crippen LogP contribution in [0.5, 0.6) is 0 Å². The van der Waals surface area contributed by atoms with Crippen molar-refractivity contribution >= 4 is 5.91 Å². The van der Waals surface area contributed by atoms with Gasteiger partial charge in [0.25, 0.3) is 5.91 Å². The normalized spacial score (nSPS) is 10.5. The molecular formula is C15H20N4O. The maximum Gasteiger partial charge on any atom is 0.254 e. The first-order valence-corrected chi connectivity index (χ1v) is 6.83. The highest BCUT2D eigenvalue weighted by atomic mass is 16.1. The van der Waals surface area contributed by atoms with Crippen molar-refractivity contribution in [2.24, 2.45) is 5.73 Å². The van der Waals surface area contributed by atoms with Crippen molar-refractivity contribution in [3.63, 3.8) is 0 Å². The fourth-order valence-corrected chi connectivity index (χ4v) is 2.15. The van der Waals surface area contributed by atoms with Crippen LogP contribution in [0.15, 0.2) is 36.5 Å². The molecule has 2 rings (SSSR count). The third-order valence-corrected chi connectivity index (χ3v) is 3.13. The molecule has 106 valence electrons. The van der Waals surface area contributed by atoms with Crippen molar-refractivity contribution in [2.45, 2.75) is 19.9 Å².